The van der Waals surface area contributed by atoms with Gasteiger partial charge in [0.2, 0.25) is 0 Å². The van der Waals surface area contributed by atoms with Crippen molar-refractivity contribution in [3.8, 4) is 0 Å². The summed E-state index contributed by atoms with van der Waals surface area (Å²) in [4.78, 5) is 25.3. The van der Waals surface area contributed by atoms with Crippen LogP contribution in [0.2, 0.25) is 0 Å². The van der Waals surface area contributed by atoms with Crippen LogP contribution in [0.25, 0.3) is 0 Å². The zero-order valence-corrected chi connectivity index (χ0v) is 7.81. The number of ether oxygens (including phenoxy) is 1. The number of rotatable bonds is 4. The minimum absolute atomic E-state index is 0.0821. The molecule has 0 spiro atoms. The third-order valence-corrected chi connectivity index (χ3v) is 1.44. The zero-order chi connectivity index (χ0) is 9.07. The van der Waals surface area contributed by atoms with Gasteiger partial charge in [-0.2, -0.15) is 0 Å². The Bertz CT molecular complexity index is 110. The van der Waals surface area contributed by atoms with Crippen LogP contribution < -0.4 is 0 Å². The van der Waals surface area contributed by atoms with Gasteiger partial charge in [-0.05, 0) is 0 Å². The van der Waals surface area contributed by atoms with Gasteiger partial charge in [0.15, 0.2) is 0 Å². The fraction of sp³-hybridized carbons (Fsp3) is 1.00. The SMILES string of the molecule is CC(C)OC(C)O[PH](O)(O)O. The molecule has 0 aromatic carbocycles. The van der Waals surface area contributed by atoms with Gasteiger partial charge in [-0.1, -0.05) is 0 Å². The van der Waals surface area contributed by atoms with Crippen molar-refractivity contribution in [1.82, 2.24) is 0 Å². The maximum atomic E-state index is 8.45. The van der Waals surface area contributed by atoms with E-state index >= 15 is 0 Å². The van der Waals surface area contributed by atoms with Gasteiger partial charge in [-0.15, -0.1) is 0 Å². The van der Waals surface area contributed by atoms with E-state index in [0.29, 0.717) is 0 Å². The van der Waals surface area contributed by atoms with Gasteiger partial charge in [-0.3, -0.25) is 0 Å². The van der Waals surface area contributed by atoms with Gasteiger partial charge < -0.3 is 0 Å². The second kappa shape index (κ2) is 4.30. The Labute approximate surface area is 66.2 Å². The average molecular weight is 186 g/mol. The molecule has 1 atom stereocenters. The van der Waals surface area contributed by atoms with Gasteiger partial charge in [0.05, 0.1) is 0 Å². The van der Waals surface area contributed by atoms with Crippen LogP contribution in [0.3, 0.4) is 0 Å². The minimum atomic E-state index is -4.41. The average Bonchev–Trinajstić information content (AvgIpc) is 1.53. The number of hydrogen-bond acceptors (Lipinski definition) is 5. The molecule has 0 saturated heterocycles. The molecule has 11 heavy (non-hydrogen) atoms. The van der Waals surface area contributed by atoms with E-state index in [9.17, 15) is 0 Å². The quantitative estimate of drug-likeness (QED) is 0.430. The van der Waals surface area contributed by atoms with Gasteiger partial charge in [0.1, 0.15) is 0 Å². The van der Waals surface area contributed by atoms with E-state index in [1.54, 1.807) is 13.8 Å². The molecule has 0 aromatic rings. The van der Waals surface area contributed by atoms with Crippen LogP contribution in [-0.2, 0) is 9.26 Å². The molecule has 3 N–H and O–H groups in total. The van der Waals surface area contributed by atoms with Crippen molar-refractivity contribution in [2.45, 2.75) is 33.2 Å². The molecular weight excluding hydrogens is 171 g/mol. The molecule has 0 fully saturated rings. The first-order valence-electron chi connectivity index (χ1n) is 3.31. The standard InChI is InChI=1S/C5H15O5P/c1-4(2)9-5(3)10-11(6,7)8/h4-8,11H,1-3H3. The van der Waals surface area contributed by atoms with Crippen LogP contribution in [0.1, 0.15) is 20.8 Å². The van der Waals surface area contributed by atoms with E-state index in [-0.39, 0.29) is 6.10 Å². The fourth-order valence-corrected chi connectivity index (χ4v) is 1.13. The Morgan fingerprint density at radius 3 is 1.82 bits per heavy atom. The van der Waals surface area contributed by atoms with Crippen LogP contribution in [0.15, 0.2) is 0 Å². The summed E-state index contributed by atoms with van der Waals surface area (Å²) in [6.45, 7) is 5.02. The maximum absolute atomic E-state index is 8.45. The van der Waals surface area contributed by atoms with E-state index in [0.717, 1.165) is 0 Å². The summed E-state index contributed by atoms with van der Waals surface area (Å²) in [5.41, 5.74) is 0. The Morgan fingerprint density at radius 1 is 1.09 bits per heavy atom. The van der Waals surface area contributed by atoms with Crippen molar-refractivity contribution in [2.24, 2.45) is 0 Å². The molecule has 5 nitrogen and oxygen atoms in total. The summed E-state index contributed by atoms with van der Waals surface area (Å²) >= 11 is 0. The molecule has 0 aliphatic rings. The summed E-state index contributed by atoms with van der Waals surface area (Å²) in [6.07, 6.45) is -0.886. The summed E-state index contributed by atoms with van der Waals surface area (Å²) in [6, 6.07) is 0. The normalized spacial score (nSPS) is 17.0. The van der Waals surface area contributed by atoms with E-state index in [2.05, 4.69) is 4.52 Å². The van der Waals surface area contributed by atoms with Crippen molar-refractivity contribution >= 4 is 8.17 Å². The summed E-state index contributed by atoms with van der Waals surface area (Å²) in [5, 5.41) is 0. The van der Waals surface area contributed by atoms with Gasteiger partial charge >= 0.3 is 65.3 Å². The molecule has 0 aliphatic carbocycles. The summed E-state index contributed by atoms with van der Waals surface area (Å²) in [7, 11) is -4.41. The Hall–Kier alpha value is 0.230. The van der Waals surface area contributed by atoms with Crippen LogP contribution >= 0.6 is 8.17 Å². The Morgan fingerprint density at radius 2 is 1.55 bits per heavy atom. The molecule has 0 heterocycles. The molecule has 0 rings (SSSR count). The monoisotopic (exact) mass is 186 g/mol. The molecule has 0 amide bonds. The summed E-state index contributed by atoms with van der Waals surface area (Å²) < 4.78 is 9.29. The van der Waals surface area contributed by atoms with Crippen LogP contribution in [-0.4, -0.2) is 27.1 Å². The van der Waals surface area contributed by atoms with E-state index in [4.69, 9.17) is 19.4 Å². The predicted octanol–water partition coefficient (Wildman–Crippen LogP) is 0.161. The zero-order valence-electron chi connectivity index (χ0n) is 6.81. The van der Waals surface area contributed by atoms with Crippen molar-refractivity contribution in [2.75, 3.05) is 0 Å². The first kappa shape index (κ1) is 11.2. The number of hydrogen-bond donors (Lipinski definition) is 3. The molecule has 0 aliphatic heterocycles. The van der Waals surface area contributed by atoms with E-state index in [1.165, 1.54) is 6.92 Å². The van der Waals surface area contributed by atoms with E-state index < -0.39 is 14.5 Å². The first-order valence-corrected chi connectivity index (χ1v) is 5.06. The molecule has 70 valence electrons. The van der Waals surface area contributed by atoms with E-state index in [1.807, 2.05) is 0 Å². The van der Waals surface area contributed by atoms with Crippen LogP contribution in [0.5, 0.6) is 0 Å². The molecule has 1 unspecified atom stereocenters. The molecule has 0 bridgehead atoms. The molecular formula is C5H15O5P. The van der Waals surface area contributed by atoms with Gasteiger partial charge in [-0.25, -0.2) is 0 Å². The Balaban J connectivity index is 3.61. The third-order valence-electron chi connectivity index (χ3n) is 0.788. The van der Waals surface area contributed by atoms with Crippen molar-refractivity contribution in [1.29, 1.82) is 0 Å². The van der Waals surface area contributed by atoms with Crippen LogP contribution in [0.4, 0.5) is 0 Å². The predicted molar refractivity (Wildman–Crippen MR) is 41.7 cm³/mol. The van der Waals surface area contributed by atoms with Crippen molar-refractivity contribution in [3.63, 3.8) is 0 Å². The molecule has 6 heteroatoms. The second-order valence-corrected chi connectivity index (χ2v) is 3.83. The third kappa shape index (κ3) is 8.13. The van der Waals surface area contributed by atoms with Crippen molar-refractivity contribution in [3.05, 3.63) is 0 Å². The van der Waals surface area contributed by atoms with Gasteiger partial charge in [0, 0.05) is 0 Å². The molecule has 0 aromatic heterocycles. The second-order valence-electron chi connectivity index (χ2n) is 2.44. The van der Waals surface area contributed by atoms with Crippen molar-refractivity contribution < 1.29 is 23.9 Å². The van der Waals surface area contributed by atoms with Crippen LogP contribution in [0, 0.1) is 0 Å². The summed E-state index contributed by atoms with van der Waals surface area (Å²) in [5.74, 6) is 0. The van der Waals surface area contributed by atoms with Gasteiger partial charge in [0.25, 0.3) is 0 Å². The molecule has 0 radical (unpaired) electrons. The topological polar surface area (TPSA) is 79.2 Å². The molecule has 0 saturated carbocycles. The fourth-order valence-electron chi connectivity index (χ4n) is 0.634. The Kier molecular flexibility index (Phi) is 4.39. The first-order chi connectivity index (χ1) is 4.81.